The topological polar surface area (TPSA) is 88.7 Å². The summed E-state index contributed by atoms with van der Waals surface area (Å²) in [6.45, 7) is 5.48. The molecule has 0 atom stereocenters. The first-order chi connectivity index (χ1) is 15.7. The van der Waals surface area contributed by atoms with Crippen LogP contribution in [-0.2, 0) is 27.8 Å². The molecular formula is C24H27FN2O5S. The highest BCUT2D eigenvalue weighted by Crippen LogP contribution is 2.27. The zero-order valence-corrected chi connectivity index (χ0v) is 19.8. The maximum absolute atomic E-state index is 13.8. The minimum atomic E-state index is -4.06. The molecule has 176 valence electrons. The van der Waals surface area contributed by atoms with Crippen molar-refractivity contribution in [2.45, 2.75) is 38.8 Å². The molecule has 3 rings (SSSR count). The van der Waals surface area contributed by atoms with Gasteiger partial charge in [0.25, 0.3) is 0 Å². The molecule has 33 heavy (non-hydrogen) atoms. The van der Waals surface area contributed by atoms with Gasteiger partial charge in [-0.25, -0.2) is 17.6 Å². The third kappa shape index (κ3) is 5.43. The SMILES string of the molecule is CCOC(=O)c1[nH]c(C)c(CN(Cc2ccc(OC)cc2)S(=O)(=O)c2cccc(F)c2)c1C. The number of sulfonamides is 1. The average molecular weight is 475 g/mol. The van der Waals surface area contributed by atoms with Crippen LogP contribution in [0.5, 0.6) is 5.75 Å². The van der Waals surface area contributed by atoms with E-state index in [0.717, 1.165) is 11.6 Å². The maximum Gasteiger partial charge on any atom is 0.355 e. The number of hydrogen-bond donors (Lipinski definition) is 1. The Hall–Kier alpha value is -3.17. The van der Waals surface area contributed by atoms with E-state index in [2.05, 4.69) is 4.98 Å². The predicted octanol–water partition coefficient (Wildman–Crippen LogP) is 4.35. The van der Waals surface area contributed by atoms with Crippen LogP contribution in [-0.4, -0.2) is 37.4 Å². The first kappa shape index (κ1) is 24.5. The Balaban J connectivity index is 2.03. The molecule has 2 aromatic carbocycles. The van der Waals surface area contributed by atoms with Gasteiger partial charge in [0.15, 0.2) is 0 Å². The van der Waals surface area contributed by atoms with Crippen molar-refractivity contribution in [3.05, 3.63) is 82.4 Å². The number of aromatic amines is 1. The lowest BCUT2D eigenvalue weighted by atomic mass is 10.1. The van der Waals surface area contributed by atoms with E-state index in [9.17, 15) is 17.6 Å². The normalized spacial score (nSPS) is 11.6. The number of rotatable bonds is 9. The second-order valence-corrected chi connectivity index (χ2v) is 9.47. The van der Waals surface area contributed by atoms with E-state index in [1.807, 2.05) is 0 Å². The second kappa shape index (κ2) is 10.2. The van der Waals surface area contributed by atoms with Gasteiger partial charge in [-0.15, -0.1) is 0 Å². The number of H-pyrrole nitrogens is 1. The van der Waals surface area contributed by atoms with Crippen molar-refractivity contribution in [2.24, 2.45) is 0 Å². The monoisotopic (exact) mass is 474 g/mol. The van der Waals surface area contributed by atoms with Crippen LogP contribution in [0.2, 0.25) is 0 Å². The molecule has 1 aromatic heterocycles. The van der Waals surface area contributed by atoms with E-state index in [1.165, 1.54) is 22.5 Å². The van der Waals surface area contributed by atoms with Crippen LogP contribution in [0.4, 0.5) is 4.39 Å². The molecule has 0 aliphatic carbocycles. The van der Waals surface area contributed by atoms with Crippen LogP contribution in [0.3, 0.4) is 0 Å². The van der Waals surface area contributed by atoms with E-state index < -0.39 is 21.8 Å². The van der Waals surface area contributed by atoms with Gasteiger partial charge in [-0.3, -0.25) is 0 Å². The van der Waals surface area contributed by atoms with Crippen molar-refractivity contribution in [1.82, 2.24) is 9.29 Å². The third-order valence-electron chi connectivity index (χ3n) is 5.36. The molecule has 0 amide bonds. The number of nitrogens with one attached hydrogen (secondary N) is 1. The Morgan fingerprint density at radius 1 is 1.09 bits per heavy atom. The molecule has 7 nitrogen and oxygen atoms in total. The standard InChI is InChI=1S/C24H27FN2O5S/c1-5-32-24(28)23-16(2)22(17(3)26-23)15-27(14-18-9-11-20(31-4)12-10-18)33(29,30)21-8-6-7-19(25)13-21/h6-13,26H,5,14-15H2,1-4H3. The fourth-order valence-corrected chi connectivity index (χ4v) is 4.97. The summed E-state index contributed by atoms with van der Waals surface area (Å²) in [6, 6.07) is 11.9. The molecule has 0 bridgehead atoms. The highest BCUT2D eigenvalue weighted by Gasteiger charge is 2.28. The molecular weight excluding hydrogens is 447 g/mol. The van der Waals surface area contributed by atoms with Crippen LogP contribution in [0.15, 0.2) is 53.4 Å². The van der Waals surface area contributed by atoms with Crippen molar-refractivity contribution in [3.8, 4) is 5.75 Å². The lowest BCUT2D eigenvalue weighted by Crippen LogP contribution is -2.30. The summed E-state index contributed by atoms with van der Waals surface area (Å²) >= 11 is 0. The fourth-order valence-electron chi connectivity index (χ4n) is 3.55. The fraction of sp³-hybridized carbons (Fsp3) is 0.292. The van der Waals surface area contributed by atoms with Gasteiger partial charge >= 0.3 is 5.97 Å². The Morgan fingerprint density at radius 3 is 2.39 bits per heavy atom. The Kier molecular flexibility index (Phi) is 7.55. The van der Waals surface area contributed by atoms with E-state index in [4.69, 9.17) is 9.47 Å². The number of aromatic nitrogens is 1. The number of benzene rings is 2. The molecule has 1 heterocycles. The van der Waals surface area contributed by atoms with Gasteiger partial charge < -0.3 is 14.5 Å². The molecule has 9 heteroatoms. The van der Waals surface area contributed by atoms with E-state index in [-0.39, 0.29) is 30.3 Å². The average Bonchev–Trinajstić information content (AvgIpc) is 3.07. The molecule has 3 aromatic rings. The minimum absolute atomic E-state index is 0.0154. The summed E-state index contributed by atoms with van der Waals surface area (Å²) in [7, 11) is -2.51. The Labute approximate surface area is 193 Å². The van der Waals surface area contributed by atoms with Crippen LogP contribution >= 0.6 is 0 Å². The molecule has 0 spiro atoms. The first-order valence-electron chi connectivity index (χ1n) is 10.4. The van der Waals surface area contributed by atoms with Crippen molar-refractivity contribution >= 4 is 16.0 Å². The number of esters is 1. The van der Waals surface area contributed by atoms with Crippen LogP contribution < -0.4 is 4.74 Å². The second-order valence-electron chi connectivity index (χ2n) is 7.53. The van der Waals surface area contributed by atoms with E-state index in [1.54, 1.807) is 52.1 Å². The van der Waals surface area contributed by atoms with Crippen LogP contribution in [0, 0.1) is 19.7 Å². The lowest BCUT2D eigenvalue weighted by molar-refractivity contribution is 0.0519. The first-order valence-corrected chi connectivity index (χ1v) is 11.8. The van der Waals surface area contributed by atoms with Crippen molar-refractivity contribution in [2.75, 3.05) is 13.7 Å². The van der Waals surface area contributed by atoms with E-state index >= 15 is 0 Å². The smallest absolute Gasteiger partial charge is 0.355 e. The third-order valence-corrected chi connectivity index (χ3v) is 7.15. The largest absolute Gasteiger partial charge is 0.497 e. The minimum Gasteiger partial charge on any atom is -0.497 e. The molecule has 0 aliphatic heterocycles. The number of carbonyl (C=O) groups excluding carboxylic acids is 1. The van der Waals surface area contributed by atoms with Crippen molar-refractivity contribution < 1.29 is 27.1 Å². The van der Waals surface area contributed by atoms with Crippen molar-refractivity contribution in [1.29, 1.82) is 0 Å². The lowest BCUT2D eigenvalue weighted by Gasteiger charge is -2.23. The predicted molar refractivity (Wildman–Crippen MR) is 122 cm³/mol. The number of nitrogens with zero attached hydrogens (tertiary/aromatic N) is 1. The number of methoxy groups -OCH3 is 1. The molecule has 0 radical (unpaired) electrons. The van der Waals surface area contributed by atoms with Gasteiger partial charge in [-0.1, -0.05) is 18.2 Å². The number of halogens is 1. The summed E-state index contributed by atoms with van der Waals surface area (Å²) < 4.78 is 52.4. The number of hydrogen-bond acceptors (Lipinski definition) is 5. The molecule has 0 fully saturated rings. The number of carbonyl (C=O) groups is 1. The van der Waals surface area contributed by atoms with E-state index in [0.29, 0.717) is 22.6 Å². The summed E-state index contributed by atoms with van der Waals surface area (Å²) in [5, 5.41) is 0. The molecule has 0 saturated heterocycles. The summed E-state index contributed by atoms with van der Waals surface area (Å²) in [4.78, 5) is 15.1. The van der Waals surface area contributed by atoms with Crippen molar-refractivity contribution in [3.63, 3.8) is 0 Å². The van der Waals surface area contributed by atoms with Gasteiger partial charge in [0.2, 0.25) is 10.0 Å². The maximum atomic E-state index is 13.8. The number of ether oxygens (including phenoxy) is 2. The van der Waals surface area contributed by atoms with Crippen LogP contribution in [0.25, 0.3) is 0 Å². The molecule has 0 unspecified atom stereocenters. The van der Waals surface area contributed by atoms with Gasteiger partial charge in [0.1, 0.15) is 17.3 Å². The van der Waals surface area contributed by atoms with Gasteiger partial charge in [-0.2, -0.15) is 4.31 Å². The number of aryl methyl sites for hydroxylation is 1. The highest BCUT2D eigenvalue weighted by atomic mass is 32.2. The molecule has 0 saturated carbocycles. The molecule has 0 aliphatic rings. The quantitative estimate of drug-likeness (QED) is 0.466. The zero-order chi connectivity index (χ0) is 24.2. The highest BCUT2D eigenvalue weighted by molar-refractivity contribution is 7.89. The van der Waals surface area contributed by atoms with Gasteiger partial charge in [-0.05, 0) is 67.8 Å². The Bertz CT molecular complexity index is 1240. The Morgan fingerprint density at radius 2 is 1.79 bits per heavy atom. The van der Waals surface area contributed by atoms with Gasteiger partial charge in [0, 0.05) is 18.8 Å². The summed E-state index contributed by atoms with van der Waals surface area (Å²) in [5.74, 6) is -0.493. The van der Waals surface area contributed by atoms with Gasteiger partial charge in [0.05, 0.1) is 18.6 Å². The molecule has 1 N–H and O–H groups in total. The summed E-state index contributed by atoms with van der Waals surface area (Å²) in [6.07, 6.45) is 0. The zero-order valence-electron chi connectivity index (χ0n) is 19.0. The summed E-state index contributed by atoms with van der Waals surface area (Å²) in [5.41, 5.74) is 2.94. The van der Waals surface area contributed by atoms with Crippen LogP contribution in [0.1, 0.15) is 39.8 Å².